The van der Waals surface area contributed by atoms with Crippen molar-refractivity contribution >= 4 is 40.5 Å². The third kappa shape index (κ3) is 6.26. The number of anilines is 2. The molecule has 12 nitrogen and oxygen atoms in total. The molecule has 1 saturated carbocycles. The van der Waals surface area contributed by atoms with Crippen molar-refractivity contribution in [3.8, 4) is 0 Å². The van der Waals surface area contributed by atoms with Gasteiger partial charge >= 0.3 is 0 Å². The first-order valence-corrected chi connectivity index (χ1v) is 15.9. The molecule has 0 radical (unpaired) electrons. The minimum atomic E-state index is -0.102. The van der Waals surface area contributed by atoms with Crippen molar-refractivity contribution in [1.82, 2.24) is 39.5 Å². The molecular formula is C32H43N9O3. The van der Waals surface area contributed by atoms with Crippen molar-refractivity contribution in [1.29, 1.82) is 0 Å². The van der Waals surface area contributed by atoms with Gasteiger partial charge in [-0.3, -0.25) is 14.4 Å². The molecule has 3 aliphatic rings. The average molecular weight is 602 g/mol. The maximum absolute atomic E-state index is 13.2. The minimum absolute atomic E-state index is 0.0491. The average Bonchev–Trinajstić information content (AvgIpc) is 3.82. The van der Waals surface area contributed by atoms with Gasteiger partial charge in [-0.05, 0) is 69.2 Å². The van der Waals surface area contributed by atoms with E-state index in [9.17, 15) is 14.4 Å². The van der Waals surface area contributed by atoms with Crippen LogP contribution in [0, 0.1) is 5.92 Å². The van der Waals surface area contributed by atoms with Crippen molar-refractivity contribution in [2.75, 3.05) is 52.6 Å². The van der Waals surface area contributed by atoms with E-state index in [0.29, 0.717) is 36.1 Å². The first kappa shape index (κ1) is 30.0. The summed E-state index contributed by atoms with van der Waals surface area (Å²) in [5, 5.41) is 7.30. The summed E-state index contributed by atoms with van der Waals surface area (Å²) in [5.74, 6) is 1.20. The maximum Gasteiger partial charge on any atom is 0.270 e. The monoisotopic (exact) mass is 601 g/mol. The Hall–Kier alpha value is -4.06. The molecule has 2 aliphatic heterocycles. The molecule has 44 heavy (non-hydrogen) atoms. The Morgan fingerprint density at radius 3 is 2.50 bits per heavy atom. The summed E-state index contributed by atoms with van der Waals surface area (Å²) in [6, 6.07) is 5.56. The number of carbonyl (C=O) groups excluding carboxylic acids is 3. The Morgan fingerprint density at radius 2 is 1.80 bits per heavy atom. The number of nitrogens with zero attached hydrogens (tertiary/aromatic N) is 7. The van der Waals surface area contributed by atoms with Crippen LogP contribution in [-0.4, -0.2) is 105 Å². The molecule has 0 spiro atoms. The van der Waals surface area contributed by atoms with Crippen LogP contribution in [0.3, 0.4) is 0 Å². The predicted octanol–water partition coefficient (Wildman–Crippen LogP) is 3.45. The van der Waals surface area contributed by atoms with Crippen molar-refractivity contribution in [3.05, 3.63) is 41.9 Å². The van der Waals surface area contributed by atoms with Gasteiger partial charge in [-0.1, -0.05) is 12.8 Å². The summed E-state index contributed by atoms with van der Waals surface area (Å²) >= 11 is 0. The van der Waals surface area contributed by atoms with E-state index in [4.69, 9.17) is 4.98 Å². The standard InChI is InChI=1S/C32H43N9O3/c1-38(2)31(44)26-16-23-18-35-32(37-28(23)41(26)24-9-4-5-10-24)36-27-13-12-22(17-34-27)29(42)39(3)19-21-8-7-15-40(20-21)30(43)25-11-6-14-33-25/h12-13,16-18,21,24-25,33H,4-11,14-15,19-20H2,1-3H3,(H,34,35,36,37). The zero-order valence-electron chi connectivity index (χ0n) is 26.0. The summed E-state index contributed by atoms with van der Waals surface area (Å²) in [5.41, 5.74) is 1.86. The van der Waals surface area contributed by atoms with E-state index in [-0.39, 0.29) is 35.7 Å². The first-order chi connectivity index (χ1) is 21.3. The number of pyridine rings is 1. The number of aromatic nitrogens is 4. The van der Waals surface area contributed by atoms with Gasteiger partial charge < -0.3 is 29.9 Å². The van der Waals surface area contributed by atoms with Crippen LogP contribution >= 0.6 is 0 Å². The lowest BCUT2D eigenvalue weighted by Gasteiger charge is -2.36. The maximum atomic E-state index is 13.2. The lowest BCUT2D eigenvalue weighted by atomic mass is 9.96. The highest BCUT2D eigenvalue weighted by Crippen LogP contribution is 2.35. The highest BCUT2D eigenvalue weighted by atomic mass is 16.2. The second-order valence-corrected chi connectivity index (χ2v) is 12.7. The molecule has 2 unspecified atom stereocenters. The van der Waals surface area contributed by atoms with Gasteiger partial charge in [-0.25, -0.2) is 9.97 Å². The van der Waals surface area contributed by atoms with Crippen LogP contribution in [0.1, 0.15) is 78.3 Å². The number of hydrogen-bond donors (Lipinski definition) is 2. The highest BCUT2D eigenvalue weighted by Gasteiger charge is 2.31. The Morgan fingerprint density at radius 1 is 0.977 bits per heavy atom. The number of amides is 3. The summed E-state index contributed by atoms with van der Waals surface area (Å²) in [4.78, 5) is 58.2. The van der Waals surface area contributed by atoms with Gasteiger partial charge in [0, 0.05) is 64.6 Å². The van der Waals surface area contributed by atoms with Crippen LogP contribution < -0.4 is 10.6 Å². The number of nitrogens with one attached hydrogen (secondary N) is 2. The van der Waals surface area contributed by atoms with E-state index >= 15 is 0 Å². The highest BCUT2D eigenvalue weighted by molar-refractivity contribution is 5.98. The van der Waals surface area contributed by atoms with Crippen LogP contribution in [0.4, 0.5) is 11.8 Å². The van der Waals surface area contributed by atoms with Crippen LogP contribution in [0.25, 0.3) is 11.0 Å². The van der Waals surface area contributed by atoms with E-state index in [2.05, 4.69) is 25.2 Å². The topological polar surface area (TPSA) is 129 Å². The molecule has 2 N–H and O–H groups in total. The molecule has 1 aliphatic carbocycles. The number of carbonyl (C=O) groups is 3. The van der Waals surface area contributed by atoms with E-state index in [1.54, 1.807) is 48.4 Å². The molecule has 3 aromatic heterocycles. The third-order valence-corrected chi connectivity index (χ3v) is 9.21. The lowest BCUT2D eigenvalue weighted by Crippen LogP contribution is -2.49. The van der Waals surface area contributed by atoms with Gasteiger partial charge in [-0.2, -0.15) is 4.98 Å². The van der Waals surface area contributed by atoms with Crippen molar-refractivity contribution < 1.29 is 14.4 Å². The zero-order valence-corrected chi connectivity index (χ0v) is 26.0. The molecule has 234 valence electrons. The number of likely N-dealkylation sites (tertiary alicyclic amines) is 1. The number of hydrogen-bond acceptors (Lipinski definition) is 8. The third-order valence-electron chi connectivity index (χ3n) is 9.21. The van der Waals surface area contributed by atoms with Crippen molar-refractivity contribution in [3.63, 3.8) is 0 Å². The van der Waals surface area contributed by atoms with Gasteiger partial charge in [0.2, 0.25) is 11.9 Å². The summed E-state index contributed by atoms with van der Waals surface area (Å²) in [7, 11) is 5.33. The van der Waals surface area contributed by atoms with Gasteiger partial charge in [0.1, 0.15) is 17.2 Å². The summed E-state index contributed by atoms with van der Waals surface area (Å²) < 4.78 is 2.08. The van der Waals surface area contributed by atoms with Crippen LogP contribution in [0.2, 0.25) is 0 Å². The molecule has 0 bridgehead atoms. The molecule has 5 heterocycles. The second kappa shape index (κ2) is 12.9. The van der Waals surface area contributed by atoms with Gasteiger partial charge in [0.15, 0.2) is 0 Å². The molecule has 2 atom stereocenters. The van der Waals surface area contributed by atoms with E-state index in [1.165, 1.54) is 0 Å². The fourth-order valence-electron chi connectivity index (χ4n) is 6.92. The fourth-order valence-corrected chi connectivity index (χ4v) is 6.92. The largest absolute Gasteiger partial charge is 0.343 e. The minimum Gasteiger partial charge on any atom is -0.343 e. The number of piperidine rings is 1. The Bertz CT molecular complexity index is 1510. The van der Waals surface area contributed by atoms with Gasteiger partial charge in [-0.15, -0.1) is 0 Å². The summed E-state index contributed by atoms with van der Waals surface area (Å²) in [6.07, 6.45) is 11.5. The number of fused-ring (bicyclic) bond motifs is 1. The second-order valence-electron chi connectivity index (χ2n) is 12.7. The quantitative estimate of drug-likeness (QED) is 0.402. The molecule has 3 aromatic rings. The Kier molecular flexibility index (Phi) is 8.79. The zero-order chi connectivity index (χ0) is 30.8. The molecule has 3 fully saturated rings. The van der Waals surface area contributed by atoms with Crippen LogP contribution in [0.15, 0.2) is 30.6 Å². The SMILES string of the molecule is CN(C)C(=O)c1cc2cnc(Nc3ccc(C(=O)N(C)CC4CCCN(C(=O)C5CCCN5)C4)cn3)nc2n1C1CCCC1. The smallest absolute Gasteiger partial charge is 0.270 e. The van der Waals surface area contributed by atoms with Crippen LogP contribution in [0.5, 0.6) is 0 Å². The normalized spacial score (nSPS) is 20.7. The van der Waals surface area contributed by atoms with Gasteiger partial charge in [0.05, 0.1) is 11.6 Å². The van der Waals surface area contributed by atoms with Crippen molar-refractivity contribution in [2.45, 2.75) is 63.5 Å². The number of rotatable bonds is 8. The molecule has 3 amide bonds. The molecule has 0 aromatic carbocycles. The van der Waals surface area contributed by atoms with Crippen LogP contribution in [-0.2, 0) is 4.79 Å². The molecule has 6 rings (SSSR count). The predicted molar refractivity (Wildman–Crippen MR) is 168 cm³/mol. The van der Waals surface area contributed by atoms with E-state index in [0.717, 1.165) is 75.5 Å². The lowest BCUT2D eigenvalue weighted by molar-refractivity contribution is -0.135. The van der Waals surface area contributed by atoms with E-state index in [1.807, 2.05) is 18.0 Å². The first-order valence-electron chi connectivity index (χ1n) is 15.9. The summed E-state index contributed by atoms with van der Waals surface area (Å²) in [6.45, 7) is 2.98. The molecule has 12 heteroatoms. The Labute approximate surface area is 258 Å². The van der Waals surface area contributed by atoms with Gasteiger partial charge in [0.25, 0.3) is 11.8 Å². The molecular weight excluding hydrogens is 558 g/mol. The van der Waals surface area contributed by atoms with Crippen molar-refractivity contribution in [2.24, 2.45) is 5.92 Å². The molecule has 2 saturated heterocycles. The fraction of sp³-hybridized carbons (Fsp3) is 0.562. The van der Waals surface area contributed by atoms with E-state index < -0.39 is 0 Å². The Balaban J connectivity index is 1.11.